The molecule has 0 aliphatic heterocycles. The Morgan fingerprint density at radius 2 is 1.81 bits per heavy atom. The average Bonchev–Trinajstić information content (AvgIpc) is 2.10. The molecule has 1 unspecified atom stereocenters. The van der Waals surface area contributed by atoms with Gasteiger partial charge in [-0.25, -0.2) is 0 Å². The Labute approximate surface area is 96.6 Å². The van der Waals surface area contributed by atoms with Gasteiger partial charge in [0.05, 0.1) is 34.0 Å². The zero-order valence-corrected chi connectivity index (χ0v) is 10.9. The lowest BCUT2D eigenvalue weighted by Crippen LogP contribution is -2.37. The molecule has 0 radical (unpaired) electrons. The number of rotatable bonds is 9. The number of hydrogen-bond donors (Lipinski definition) is 0. The van der Waals surface area contributed by atoms with E-state index in [9.17, 15) is 9.46 Å². The smallest absolute Gasteiger partial charge is 0.268 e. The summed E-state index contributed by atoms with van der Waals surface area (Å²) in [6, 6.07) is 0. The highest BCUT2D eigenvalue weighted by Crippen LogP contribution is 2.37. The van der Waals surface area contributed by atoms with Crippen molar-refractivity contribution in [2.24, 2.45) is 0 Å². The summed E-state index contributed by atoms with van der Waals surface area (Å²) >= 11 is 0. The van der Waals surface area contributed by atoms with Gasteiger partial charge in [-0.1, -0.05) is 6.58 Å². The molecular weight excluding hydrogens is 233 g/mol. The topological polar surface area (TPSA) is 67.8 Å². The summed E-state index contributed by atoms with van der Waals surface area (Å²) in [5, 5.41) is 0. The van der Waals surface area contributed by atoms with E-state index in [0.29, 0.717) is 11.0 Å². The summed E-state index contributed by atoms with van der Waals surface area (Å²) < 4.78 is 25.7. The first-order valence-corrected chi connectivity index (χ1v) is 6.36. The van der Waals surface area contributed by atoms with Crippen molar-refractivity contribution in [2.45, 2.75) is 0 Å². The van der Waals surface area contributed by atoms with Crippen LogP contribution in [0, 0.1) is 0 Å². The Balaban J connectivity index is 3.70. The lowest BCUT2D eigenvalue weighted by atomic mass is 10.5. The maximum Gasteiger partial charge on any atom is 0.268 e. The van der Waals surface area contributed by atoms with Gasteiger partial charge in [0.1, 0.15) is 19.8 Å². The van der Waals surface area contributed by atoms with Gasteiger partial charge in [-0.15, -0.1) is 0 Å². The zero-order chi connectivity index (χ0) is 12.7. The van der Waals surface area contributed by atoms with Gasteiger partial charge in [-0.05, 0) is 0 Å². The number of hydrogen-bond acceptors (Lipinski definition) is 5. The minimum atomic E-state index is -4.19. The molecule has 0 aliphatic carbocycles. The molecule has 0 rings (SSSR count). The number of likely N-dealkylation sites (N-methyl/N-ethyl adjacent to an activating group) is 1. The molecule has 0 bridgehead atoms. The third kappa shape index (κ3) is 10.1. The van der Waals surface area contributed by atoms with Crippen molar-refractivity contribution in [3.05, 3.63) is 12.8 Å². The van der Waals surface area contributed by atoms with Crippen LogP contribution in [-0.2, 0) is 18.3 Å². The molecule has 96 valence electrons. The van der Waals surface area contributed by atoms with Gasteiger partial charge < -0.3 is 23.2 Å². The monoisotopic (exact) mass is 253 g/mol. The van der Waals surface area contributed by atoms with Crippen LogP contribution in [-0.4, -0.2) is 52.0 Å². The molecular formula is C9H20NO5P. The van der Waals surface area contributed by atoms with Gasteiger partial charge >= 0.3 is 0 Å². The van der Waals surface area contributed by atoms with Crippen LogP contribution in [0.2, 0.25) is 0 Å². The summed E-state index contributed by atoms with van der Waals surface area (Å²) in [6.07, 6.45) is 1.22. The number of ether oxygens (including phenoxy) is 1. The largest absolute Gasteiger partial charge is 0.756 e. The van der Waals surface area contributed by atoms with Gasteiger partial charge in [-0.2, -0.15) is 0 Å². The quantitative estimate of drug-likeness (QED) is 0.257. The average molecular weight is 253 g/mol. The second-order valence-corrected chi connectivity index (χ2v) is 5.58. The van der Waals surface area contributed by atoms with E-state index in [1.165, 1.54) is 6.26 Å². The second-order valence-electron chi connectivity index (χ2n) is 4.17. The van der Waals surface area contributed by atoms with Crippen LogP contribution >= 0.6 is 7.82 Å². The minimum absolute atomic E-state index is 0.0722. The van der Waals surface area contributed by atoms with Crippen molar-refractivity contribution in [3.8, 4) is 0 Å². The molecule has 7 heteroatoms. The minimum Gasteiger partial charge on any atom is -0.756 e. The van der Waals surface area contributed by atoms with Gasteiger partial charge in [0.15, 0.2) is 0 Å². The molecule has 0 saturated carbocycles. The number of quaternary nitrogens is 1. The van der Waals surface area contributed by atoms with E-state index >= 15 is 0 Å². The summed E-state index contributed by atoms with van der Waals surface area (Å²) in [7, 11) is 1.63. The van der Waals surface area contributed by atoms with Gasteiger partial charge in [0.25, 0.3) is 7.82 Å². The van der Waals surface area contributed by atoms with E-state index in [-0.39, 0.29) is 19.8 Å². The second kappa shape index (κ2) is 7.04. The maximum absolute atomic E-state index is 11.2. The van der Waals surface area contributed by atoms with Gasteiger partial charge in [-0.3, -0.25) is 4.57 Å². The van der Waals surface area contributed by atoms with E-state index in [0.717, 1.165) is 0 Å². The fourth-order valence-electron chi connectivity index (χ4n) is 0.744. The van der Waals surface area contributed by atoms with E-state index in [1.807, 2.05) is 21.1 Å². The molecule has 0 heterocycles. The Morgan fingerprint density at radius 1 is 1.25 bits per heavy atom. The van der Waals surface area contributed by atoms with Crippen molar-refractivity contribution >= 4 is 7.82 Å². The lowest BCUT2D eigenvalue weighted by Gasteiger charge is -2.27. The molecule has 1 atom stereocenters. The maximum atomic E-state index is 11.2. The molecule has 0 aromatic heterocycles. The highest BCUT2D eigenvalue weighted by atomic mass is 31.2. The fraction of sp³-hybridized carbons (Fsp3) is 0.778. The Bertz CT molecular complexity index is 251. The fourth-order valence-corrected chi connectivity index (χ4v) is 1.42. The van der Waals surface area contributed by atoms with Crippen molar-refractivity contribution in [3.63, 3.8) is 0 Å². The predicted octanol–water partition coefficient (Wildman–Crippen LogP) is 0.354. The first-order chi connectivity index (χ1) is 7.27. The standard InChI is InChI=1S/C9H20NO5P/c1-5-13-8-9-15-16(11,12)14-7-6-10(2,3)4/h5H,1,6-9H2,2-4H3. The molecule has 0 saturated heterocycles. The summed E-state index contributed by atoms with van der Waals surface area (Å²) in [5.74, 6) is 0. The predicted molar refractivity (Wildman–Crippen MR) is 58.6 cm³/mol. The van der Waals surface area contributed by atoms with Crippen LogP contribution in [0.25, 0.3) is 0 Å². The van der Waals surface area contributed by atoms with Crippen molar-refractivity contribution in [1.82, 2.24) is 0 Å². The number of nitrogens with zero attached hydrogens (tertiary/aromatic N) is 1. The normalized spacial score (nSPS) is 15.5. The zero-order valence-electron chi connectivity index (χ0n) is 10.0. The van der Waals surface area contributed by atoms with Crippen LogP contribution < -0.4 is 4.89 Å². The molecule has 0 aromatic rings. The molecule has 0 aliphatic rings. The molecule has 0 aromatic carbocycles. The number of phosphoric ester groups is 1. The molecule has 0 fully saturated rings. The Morgan fingerprint density at radius 3 is 2.31 bits per heavy atom. The van der Waals surface area contributed by atoms with Crippen molar-refractivity contribution < 1.29 is 27.7 Å². The van der Waals surface area contributed by atoms with Crippen molar-refractivity contribution in [2.75, 3.05) is 47.5 Å². The van der Waals surface area contributed by atoms with Crippen molar-refractivity contribution in [1.29, 1.82) is 0 Å². The first-order valence-electron chi connectivity index (χ1n) is 4.90. The highest BCUT2D eigenvalue weighted by Gasteiger charge is 2.12. The van der Waals surface area contributed by atoms with Gasteiger partial charge in [0.2, 0.25) is 0 Å². The molecule has 0 N–H and O–H groups in total. The Kier molecular flexibility index (Phi) is 6.87. The van der Waals surface area contributed by atoms with Gasteiger partial charge in [0, 0.05) is 0 Å². The number of phosphoric acid groups is 1. The SMILES string of the molecule is C=COCCOP(=O)([O-])OCC[N+](C)(C)C. The van der Waals surface area contributed by atoms with Crippen LogP contribution in [0.3, 0.4) is 0 Å². The summed E-state index contributed by atoms with van der Waals surface area (Å²) in [5.41, 5.74) is 0. The van der Waals surface area contributed by atoms with Crippen LogP contribution in [0.5, 0.6) is 0 Å². The van der Waals surface area contributed by atoms with E-state index < -0.39 is 7.82 Å². The van der Waals surface area contributed by atoms with Crippen LogP contribution in [0.1, 0.15) is 0 Å². The van der Waals surface area contributed by atoms with Crippen LogP contribution in [0.4, 0.5) is 0 Å². The van der Waals surface area contributed by atoms with E-state index in [1.54, 1.807) is 0 Å². The highest BCUT2D eigenvalue weighted by molar-refractivity contribution is 7.45. The Hall–Kier alpha value is -0.390. The van der Waals surface area contributed by atoms with E-state index in [4.69, 9.17) is 4.74 Å². The first kappa shape index (κ1) is 15.6. The summed E-state index contributed by atoms with van der Waals surface area (Å²) in [4.78, 5) is 11.2. The summed E-state index contributed by atoms with van der Waals surface area (Å²) in [6.45, 7) is 4.06. The lowest BCUT2D eigenvalue weighted by molar-refractivity contribution is -0.870. The van der Waals surface area contributed by atoms with Crippen LogP contribution in [0.15, 0.2) is 12.8 Å². The van der Waals surface area contributed by atoms with E-state index in [2.05, 4.69) is 15.6 Å². The third-order valence-corrected chi connectivity index (χ3v) is 2.58. The molecule has 16 heavy (non-hydrogen) atoms. The third-order valence-electron chi connectivity index (χ3n) is 1.58. The molecule has 0 spiro atoms. The molecule has 6 nitrogen and oxygen atoms in total. The molecule has 0 amide bonds.